The van der Waals surface area contributed by atoms with Crippen molar-refractivity contribution >= 4 is 0 Å². The van der Waals surface area contributed by atoms with Gasteiger partial charge in [-0.15, -0.1) is 0 Å². The molecular weight excluding hydrogens is 228 g/mol. The molecule has 1 aromatic heterocycles. The Morgan fingerprint density at radius 2 is 1.67 bits per heavy atom. The Kier molecular flexibility index (Phi) is 5.64. The first-order chi connectivity index (χ1) is 8.88. The van der Waals surface area contributed by atoms with Crippen LogP contribution in [-0.4, -0.2) is 70.3 Å². The van der Waals surface area contributed by atoms with E-state index in [1.54, 1.807) is 0 Å². The zero-order valence-corrected chi connectivity index (χ0v) is 11.0. The maximum atomic E-state index is 8.76. The van der Waals surface area contributed by atoms with E-state index in [-0.39, 0.29) is 0 Å². The average molecular weight is 252 g/mol. The van der Waals surface area contributed by atoms with Crippen LogP contribution in [0.25, 0.3) is 0 Å². The number of piperazine rings is 1. The van der Waals surface area contributed by atoms with Crippen LogP contribution in [0.4, 0.5) is 0 Å². The van der Waals surface area contributed by atoms with Gasteiger partial charge in [0.2, 0.25) is 0 Å². The van der Waals surface area contributed by atoms with Crippen molar-refractivity contribution in [2.45, 2.75) is 19.4 Å². The molecular formula is C13H24N4O. The largest absolute Gasteiger partial charge is 0.396 e. The van der Waals surface area contributed by atoms with Gasteiger partial charge >= 0.3 is 0 Å². The van der Waals surface area contributed by atoms with Gasteiger partial charge < -0.3 is 14.6 Å². The third kappa shape index (κ3) is 4.40. The number of aromatic nitrogens is 2. The quantitative estimate of drug-likeness (QED) is 0.708. The smallest absolute Gasteiger partial charge is 0.0946 e. The Bertz CT molecular complexity index is 307. The number of nitrogens with zero attached hydrogens (tertiary/aromatic N) is 4. The van der Waals surface area contributed by atoms with Crippen LogP contribution in [0.15, 0.2) is 18.7 Å². The summed E-state index contributed by atoms with van der Waals surface area (Å²) in [6.45, 7) is 8.25. The van der Waals surface area contributed by atoms with Crippen LogP contribution in [0.5, 0.6) is 0 Å². The number of rotatable bonds is 7. The molecule has 1 saturated heterocycles. The monoisotopic (exact) mass is 252 g/mol. The maximum Gasteiger partial charge on any atom is 0.0946 e. The lowest BCUT2D eigenvalue weighted by Crippen LogP contribution is -2.47. The van der Waals surface area contributed by atoms with E-state index in [2.05, 4.69) is 19.4 Å². The summed E-state index contributed by atoms with van der Waals surface area (Å²) in [6.07, 6.45) is 7.78. The van der Waals surface area contributed by atoms with Gasteiger partial charge in [0.1, 0.15) is 0 Å². The van der Waals surface area contributed by atoms with E-state index >= 15 is 0 Å². The van der Waals surface area contributed by atoms with Crippen molar-refractivity contribution in [3.8, 4) is 0 Å². The molecule has 0 atom stereocenters. The molecule has 0 bridgehead atoms. The molecule has 0 aliphatic carbocycles. The highest BCUT2D eigenvalue weighted by Crippen LogP contribution is 2.03. The van der Waals surface area contributed by atoms with Crippen LogP contribution in [0.3, 0.4) is 0 Å². The third-order valence-electron chi connectivity index (χ3n) is 3.58. The average Bonchev–Trinajstić information content (AvgIpc) is 2.91. The zero-order chi connectivity index (χ0) is 12.6. The molecule has 18 heavy (non-hydrogen) atoms. The molecule has 0 unspecified atom stereocenters. The summed E-state index contributed by atoms with van der Waals surface area (Å²) in [4.78, 5) is 9.08. The molecule has 5 heteroatoms. The van der Waals surface area contributed by atoms with Gasteiger partial charge in [0, 0.05) is 58.3 Å². The first-order valence-corrected chi connectivity index (χ1v) is 6.90. The fraction of sp³-hybridized carbons (Fsp3) is 0.769. The molecule has 0 saturated carbocycles. The normalized spacial score (nSPS) is 18.3. The number of hydrogen-bond donors (Lipinski definition) is 1. The SMILES string of the molecule is OCCCCN1CCN(CCn2ccnc2)CC1. The van der Waals surface area contributed by atoms with Crippen molar-refractivity contribution in [3.05, 3.63) is 18.7 Å². The Balaban J connectivity index is 1.58. The topological polar surface area (TPSA) is 44.5 Å². The van der Waals surface area contributed by atoms with Crippen LogP contribution in [0, 0.1) is 0 Å². The minimum Gasteiger partial charge on any atom is -0.396 e. The van der Waals surface area contributed by atoms with Gasteiger partial charge in [-0.3, -0.25) is 4.90 Å². The molecule has 1 aromatic rings. The lowest BCUT2D eigenvalue weighted by molar-refractivity contribution is 0.125. The maximum absolute atomic E-state index is 8.76. The van der Waals surface area contributed by atoms with E-state index in [1.165, 1.54) is 0 Å². The number of hydrogen-bond acceptors (Lipinski definition) is 4. The van der Waals surface area contributed by atoms with Crippen LogP contribution in [-0.2, 0) is 6.54 Å². The number of unbranched alkanes of at least 4 members (excludes halogenated alkanes) is 1. The van der Waals surface area contributed by atoms with Crippen LogP contribution >= 0.6 is 0 Å². The van der Waals surface area contributed by atoms with Gasteiger partial charge in [0.15, 0.2) is 0 Å². The van der Waals surface area contributed by atoms with Crippen LogP contribution in [0.2, 0.25) is 0 Å². The number of aliphatic hydroxyl groups is 1. The van der Waals surface area contributed by atoms with Crippen molar-refractivity contribution < 1.29 is 5.11 Å². The Labute approximate surface area is 109 Å². The second-order valence-electron chi connectivity index (χ2n) is 4.91. The minimum atomic E-state index is 0.324. The van der Waals surface area contributed by atoms with Gasteiger partial charge in [0.05, 0.1) is 6.33 Å². The highest BCUT2D eigenvalue weighted by Gasteiger charge is 2.15. The van der Waals surface area contributed by atoms with Gasteiger partial charge in [-0.05, 0) is 19.4 Å². The summed E-state index contributed by atoms with van der Waals surface area (Å²) in [7, 11) is 0. The molecule has 1 fully saturated rings. The van der Waals surface area contributed by atoms with E-state index < -0.39 is 0 Å². The predicted molar refractivity (Wildman–Crippen MR) is 71.4 cm³/mol. The number of imidazole rings is 1. The Morgan fingerprint density at radius 1 is 0.944 bits per heavy atom. The van der Waals surface area contributed by atoms with E-state index in [4.69, 9.17) is 5.11 Å². The van der Waals surface area contributed by atoms with E-state index in [9.17, 15) is 0 Å². The van der Waals surface area contributed by atoms with Crippen molar-refractivity contribution in [1.82, 2.24) is 19.4 Å². The lowest BCUT2D eigenvalue weighted by atomic mass is 10.2. The lowest BCUT2D eigenvalue weighted by Gasteiger charge is -2.34. The molecule has 2 heterocycles. The molecule has 102 valence electrons. The predicted octanol–water partition coefficient (Wildman–Crippen LogP) is 0.273. The molecule has 0 spiro atoms. The molecule has 0 aromatic carbocycles. The highest BCUT2D eigenvalue weighted by atomic mass is 16.2. The van der Waals surface area contributed by atoms with Gasteiger partial charge in [-0.25, -0.2) is 4.98 Å². The van der Waals surface area contributed by atoms with E-state index in [0.29, 0.717) is 6.61 Å². The fourth-order valence-electron chi connectivity index (χ4n) is 2.36. The molecule has 1 N–H and O–H groups in total. The second kappa shape index (κ2) is 7.51. The van der Waals surface area contributed by atoms with Crippen molar-refractivity contribution in [3.63, 3.8) is 0 Å². The highest BCUT2D eigenvalue weighted by molar-refractivity contribution is 4.76. The second-order valence-corrected chi connectivity index (χ2v) is 4.91. The molecule has 0 amide bonds. The summed E-state index contributed by atoms with van der Waals surface area (Å²) in [5, 5.41) is 8.76. The first kappa shape index (κ1) is 13.5. The van der Waals surface area contributed by atoms with Crippen LogP contribution < -0.4 is 0 Å². The third-order valence-corrected chi connectivity index (χ3v) is 3.58. The summed E-state index contributed by atoms with van der Waals surface area (Å²) in [5.74, 6) is 0. The summed E-state index contributed by atoms with van der Waals surface area (Å²) >= 11 is 0. The standard InChI is InChI=1S/C13H24N4O/c18-12-2-1-4-15-6-8-16(9-7-15)10-11-17-5-3-14-13-17/h3,5,13,18H,1-2,4,6-12H2. The van der Waals surface area contributed by atoms with Crippen molar-refractivity contribution in [2.75, 3.05) is 45.9 Å². The summed E-state index contributed by atoms with van der Waals surface area (Å²) in [5.41, 5.74) is 0. The number of aliphatic hydroxyl groups excluding tert-OH is 1. The van der Waals surface area contributed by atoms with Gasteiger partial charge in [-0.1, -0.05) is 0 Å². The molecule has 1 aliphatic heterocycles. The molecule has 0 radical (unpaired) electrons. The summed E-state index contributed by atoms with van der Waals surface area (Å²) in [6, 6.07) is 0. The van der Waals surface area contributed by atoms with E-state index in [0.717, 1.165) is 58.7 Å². The first-order valence-electron chi connectivity index (χ1n) is 6.90. The zero-order valence-electron chi connectivity index (χ0n) is 11.0. The molecule has 1 aliphatic rings. The summed E-state index contributed by atoms with van der Waals surface area (Å²) < 4.78 is 2.13. The van der Waals surface area contributed by atoms with E-state index in [1.807, 2.05) is 18.7 Å². The Hall–Kier alpha value is -0.910. The van der Waals surface area contributed by atoms with Crippen molar-refractivity contribution in [2.24, 2.45) is 0 Å². The van der Waals surface area contributed by atoms with Gasteiger partial charge in [-0.2, -0.15) is 0 Å². The minimum absolute atomic E-state index is 0.324. The fourth-order valence-corrected chi connectivity index (χ4v) is 2.36. The molecule has 5 nitrogen and oxygen atoms in total. The van der Waals surface area contributed by atoms with Crippen molar-refractivity contribution in [1.29, 1.82) is 0 Å². The molecule has 2 rings (SSSR count). The Morgan fingerprint density at radius 3 is 2.28 bits per heavy atom. The van der Waals surface area contributed by atoms with Gasteiger partial charge in [0.25, 0.3) is 0 Å². The van der Waals surface area contributed by atoms with Crippen LogP contribution in [0.1, 0.15) is 12.8 Å².